The van der Waals surface area contributed by atoms with Crippen LogP contribution < -0.4 is 14.8 Å². The van der Waals surface area contributed by atoms with Crippen LogP contribution in [0.3, 0.4) is 0 Å². The van der Waals surface area contributed by atoms with Gasteiger partial charge < -0.3 is 19.5 Å². The summed E-state index contributed by atoms with van der Waals surface area (Å²) >= 11 is 0. The maximum Gasteiger partial charge on any atom is 0.255 e. The van der Waals surface area contributed by atoms with E-state index in [-0.39, 0.29) is 12.0 Å². The highest BCUT2D eigenvalue weighted by Crippen LogP contribution is 2.32. The van der Waals surface area contributed by atoms with Gasteiger partial charge in [0.05, 0.1) is 25.9 Å². The summed E-state index contributed by atoms with van der Waals surface area (Å²) in [6.45, 7) is 5.80. The third kappa shape index (κ3) is 4.73. The predicted molar refractivity (Wildman–Crippen MR) is 96.4 cm³/mol. The molecule has 0 fully saturated rings. The van der Waals surface area contributed by atoms with Crippen LogP contribution in [0.15, 0.2) is 42.5 Å². The molecule has 0 unspecified atom stereocenters. The van der Waals surface area contributed by atoms with Crippen LogP contribution in [-0.4, -0.2) is 25.2 Å². The van der Waals surface area contributed by atoms with Gasteiger partial charge in [-0.25, -0.2) is 0 Å². The standard InChI is InChI=1S/C20H23NO4/c1-14(2)25-13-15-4-6-16(7-5-15)20(22)21-17-8-9-18-19(12-17)24-11-3-10-23-18/h4-9,12,14H,3,10-11,13H2,1-2H3,(H,21,22). The van der Waals surface area contributed by atoms with Crippen molar-refractivity contribution in [1.29, 1.82) is 0 Å². The molecule has 3 rings (SSSR count). The Kier molecular flexibility index (Phi) is 5.56. The highest BCUT2D eigenvalue weighted by Gasteiger charge is 2.12. The van der Waals surface area contributed by atoms with E-state index in [1.165, 1.54) is 0 Å². The average Bonchev–Trinajstić information content (AvgIpc) is 2.85. The van der Waals surface area contributed by atoms with Crippen molar-refractivity contribution >= 4 is 11.6 Å². The molecule has 5 heteroatoms. The first-order valence-corrected chi connectivity index (χ1v) is 8.53. The Hall–Kier alpha value is -2.53. The smallest absolute Gasteiger partial charge is 0.255 e. The Morgan fingerprint density at radius 3 is 2.52 bits per heavy atom. The third-order valence-electron chi connectivity index (χ3n) is 3.80. The highest BCUT2D eigenvalue weighted by molar-refractivity contribution is 6.04. The van der Waals surface area contributed by atoms with Gasteiger partial charge in [0.15, 0.2) is 11.5 Å². The zero-order valence-electron chi connectivity index (χ0n) is 14.6. The van der Waals surface area contributed by atoms with Crippen molar-refractivity contribution in [3.8, 4) is 11.5 Å². The third-order valence-corrected chi connectivity index (χ3v) is 3.80. The van der Waals surface area contributed by atoms with Crippen LogP contribution in [0.2, 0.25) is 0 Å². The van der Waals surface area contributed by atoms with Gasteiger partial charge in [-0.2, -0.15) is 0 Å². The van der Waals surface area contributed by atoms with E-state index in [1.807, 2.05) is 38.1 Å². The van der Waals surface area contributed by atoms with Gasteiger partial charge in [-0.1, -0.05) is 12.1 Å². The second-order valence-electron chi connectivity index (χ2n) is 6.22. The maximum atomic E-state index is 12.4. The molecular weight excluding hydrogens is 318 g/mol. The molecular formula is C20H23NO4. The number of carbonyl (C=O) groups is 1. The number of anilines is 1. The van der Waals surface area contributed by atoms with E-state index >= 15 is 0 Å². The lowest BCUT2D eigenvalue weighted by Crippen LogP contribution is -2.12. The Morgan fingerprint density at radius 2 is 1.80 bits per heavy atom. The summed E-state index contributed by atoms with van der Waals surface area (Å²) in [4.78, 5) is 12.4. The van der Waals surface area contributed by atoms with Crippen LogP contribution in [0, 0.1) is 0 Å². The molecule has 0 aromatic heterocycles. The van der Waals surface area contributed by atoms with Gasteiger partial charge in [-0.15, -0.1) is 0 Å². The molecule has 132 valence electrons. The molecule has 0 spiro atoms. The summed E-state index contributed by atoms with van der Waals surface area (Å²) in [6, 6.07) is 12.9. The van der Waals surface area contributed by atoms with Crippen LogP contribution in [0.4, 0.5) is 5.69 Å². The molecule has 0 radical (unpaired) electrons. The van der Waals surface area contributed by atoms with Gasteiger partial charge >= 0.3 is 0 Å². The number of hydrogen-bond acceptors (Lipinski definition) is 4. The molecule has 0 saturated carbocycles. The summed E-state index contributed by atoms with van der Waals surface area (Å²) in [5.74, 6) is 1.22. The van der Waals surface area contributed by atoms with Crippen molar-refractivity contribution in [1.82, 2.24) is 0 Å². The number of rotatable bonds is 5. The Balaban J connectivity index is 1.64. The van der Waals surface area contributed by atoms with Crippen molar-refractivity contribution in [3.05, 3.63) is 53.6 Å². The first kappa shape index (κ1) is 17.3. The molecule has 0 atom stereocenters. The molecule has 25 heavy (non-hydrogen) atoms. The fourth-order valence-corrected chi connectivity index (χ4v) is 2.46. The van der Waals surface area contributed by atoms with E-state index in [0.717, 1.165) is 12.0 Å². The van der Waals surface area contributed by atoms with E-state index in [0.29, 0.717) is 42.6 Å². The van der Waals surface area contributed by atoms with Crippen molar-refractivity contribution in [2.45, 2.75) is 33.0 Å². The molecule has 1 aliphatic heterocycles. The van der Waals surface area contributed by atoms with Crippen LogP contribution >= 0.6 is 0 Å². The van der Waals surface area contributed by atoms with E-state index in [9.17, 15) is 4.79 Å². The zero-order chi connectivity index (χ0) is 17.6. The molecule has 1 heterocycles. The molecule has 5 nitrogen and oxygen atoms in total. The lowest BCUT2D eigenvalue weighted by molar-refractivity contribution is 0.0657. The minimum Gasteiger partial charge on any atom is -0.490 e. The van der Waals surface area contributed by atoms with Crippen molar-refractivity contribution < 1.29 is 19.0 Å². The topological polar surface area (TPSA) is 56.8 Å². The molecule has 1 aliphatic rings. The Morgan fingerprint density at radius 1 is 1.08 bits per heavy atom. The van der Waals surface area contributed by atoms with E-state index in [2.05, 4.69) is 5.32 Å². The van der Waals surface area contributed by atoms with Gasteiger partial charge in [0.1, 0.15) is 0 Å². The number of benzene rings is 2. The number of amides is 1. The second-order valence-corrected chi connectivity index (χ2v) is 6.22. The van der Waals surface area contributed by atoms with Crippen LogP contribution in [0.25, 0.3) is 0 Å². The molecule has 2 aromatic carbocycles. The largest absolute Gasteiger partial charge is 0.490 e. The van der Waals surface area contributed by atoms with E-state index in [1.54, 1.807) is 18.2 Å². The molecule has 0 bridgehead atoms. The normalized spacial score (nSPS) is 13.4. The Labute approximate surface area is 147 Å². The van der Waals surface area contributed by atoms with Crippen molar-refractivity contribution in [3.63, 3.8) is 0 Å². The van der Waals surface area contributed by atoms with Gasteiger partial charge in [0.25, 0.3) is 5.91 Å². The van der Waals surface area contributed by atoms with Crippen LogP contribution in [0.5, 0.6) is 11.5 Å². The van der Waals surface area contributed by atoms with Crippen LogP contribution in [-0.2, 0) is 11.3 Å². The molecule has 1 amide bonds. The lowest BCUT2D eigenvalue weighted by atomic mass is 10.1. The number of hydrogen-bond donors (Lipinski definition) is 1. The summed E-state index contributed by atoms with van der Waals surface area (Å²) < 4.78 is 16.8. The van der Waals surface area contributed by atoms with Gasteiger partial charge in [0, 0.05) is 23.7 Å². The quantitative estimate of drug-likeness (QED) is 0.892. The second kappa shape index (κ2) is 8.03. The SMILES string of the molecule is CC(C)OCc1ccc(C(=O)Nc2ccc3c(c2)OCCCO3)cc1. The van der Waals surface area contributed by atoms with Crippen molar-refractivity contribution in [2.75, 3.05) is 18.5 Å². The zero-order valence-corrected chi connectivity index (χ0v) is 14.6. The fourth-order valence-electron chi connectivity index (χ4n) is 2.46. The van der Waals surface area contributed by atoms with Gasteiger partial charge in [-0.3, -0.25) is 4.79 Å². The fraction of sp³-hybridized carbons (Fsp3) is 0.350. The molecule has 0 aliphatic carbocycles. The Bertz CT molecular complexity index is 725. The van der Waals surface area contributed by atoms with E-state index < -0.39 is 0 Å². The number of fused-ring (bicyclic) bond motifs is 1. The predicted octanol–water partition coefficient (Wildman–Crippen LogP) is 4.03. The first-order chi connectivity index (χ1) is 12.1. The van der Waals surface area contributed by atoms with E-state index in [4.69, 9.17) is 14.2 Å². The molecule has 1 N–H and O–H groups in total. The van der Waals surface area contributed by atoms with Crippen LogP contribution in [0.1, 0.15) is 36.2 Å². The molecule has 2 aromatic rings. The van der Waals surface area contributed by atoms with Gasteiger partial charge in [0.2, 0.25) is 0 Å². The minimum absolute atomic E-state index is 0.161. The van der Waals surface area contributed by atoms with Gasteiger partial charge in [-0.05, 0) is 43.7 Å². The lowest BCUT2D eigenvalue weighted by Gasteiger charge is -2.11. The van der Waals surface area contributed by atoms with Crippen molar-refractivity contribution in [2.24, 2.45) is 0 Å². The average molecular weight is 341 g/mol. The summed E-state index contributed by atoms with van der Waals surface area (Å²) in [6.07, 6.45) is 1.03. The monoisotopic (exact) mass is 341 g/mol. The number of ether oxygens (including phenoxy) is 3. The minimum atomic E-state index is -0.161. The number of carbonyl (C=O) groups excluding carboxylic acids is 1. The summed E-state index contributed by atoms with van der Waals surface area (Å²) in [5, 5.41) is 2.89. The number of nitrogens with one attached hydrogen (secondary N) is 1. The highest BCUT2D eigenvalue weighted by atomic mass is 16.5. The summed E-state index contributed by atoms with van der Waals surface area (Å²) in [7, 11) is 0. The first-order valence-electron chi connectivity index (χ1n) is 8.53. The molecule has 0 saturated heterocycles. The maximum absolute atomic E-state index is 12.4. The summed E-state index contributed by atoms with van der Waals surface area (Å²) in [5.41, 5.74) is 2.32.